The van der Waals surface area contributed by atoms with Crippen LogP contribution in [0.15, 0.2) is 72.0 Å². The van der Waals surface area contributed by atoms with E-state index in [1.165, 1.54) is 11.3 Å². The van der Waals surface area contributed by atoms with Crippen molar-refractivity contribution < 1.29 is 18.9 Å². The van der Waals surface area contributed by atoms with Gasteiger partial charge in [-0.15, -0.1) is 6.58 Å². The van der Waals surface area contributed by atoms with E-state index in [0.29, 0.717) is 39.8 Å². The van der Waals surface area contributed by atoms with Gasteiger partial charge in [-0.1, -0.05) is 35.6 Å². The first kappa shape index (κ1) is 22.2. The van der Waals surface area contributed by atoms with Crippen molar-refractivity contribution in [1.29, 1.82) is 0 Å². The van der Waals surface area contributed by atoms with Crippen molar-refractivity contribution in [2.75, 3.05) is 13.9 Å². The van der Waals surface area contributed by atoms with E-state index in [0.717, 1.165) is 33.5 Å². The molecular weight excluding hydrogens is 476 g/mol. The minimum absolute atomic E-state index is 0.0870. The standard InChI is InChI=1S/C28H22N2O5S/c1-3-6-19-11-18(14-25-27(31)30-21-8-5-4-7-20(21)29-28(30)36-25)13-24(32-2)26(19)33-15-17-9-10-22-23(12-17)35-16-34-22/h3-5,7-14H,1,6,15-16H2,2H3. The number of ether oxygens (including phenoxy) is 4. The number of allylic oxidation sites excluding steroid dienone is 1. The number of fused-ring (bicyclic) bond motifs is 4. The molecule has 0 saturated carbocycles. The quantitative estimate of drug-likeness (QED) is 0.308. The van der Waals surface area contributed by atoms with Crippen LogP contribution in [0.5, 0.6) is 23.0 Å². The minimum atomic E-state index is -0.0870. The Kier molecular flexibility index (Phi) is 5.58. The monoisotopic (exact) mass is 498 g/mol. The zero-order valence-corrected chi connectivity index (χ0v) is 20.3. The number of hydrogen-bond donors (Lipinski definition) is 0. The first-order valence-corrected chi connectivity index (χ1v) is 12.2. The van der Waals surface area contributed by atoms with Crippen molar-refractivity contribution in [2.45, 2.75) is 13.0 Å². The van der Waals surface area contributed by atoms with Crippen LogP contribution in [0, 0.1) is 0 Å². The predicted octanol–water partition coefficient (Wildman–Crippen LogP) is 4.50. The zero-order valence-electron chi connectivity index (χ0n) is 19.5. The number of hydrogen-bond acceptors (Lipinski definition) is 7. The van der Waals surface area contributed by atoms with E-state index in [2.05, 4.69) is 11.6 Å². The van der Waals surface area contributed by atoms with E-state index in [1.54, 1.807) is 11.5 Å². The van der Waals surface area contributed by atoms with Gasteiger partial charge in [-0.2, -0.15) is 0 Å². The zero-order chi connectivity index (χ0) is 24.6. The molecule has 36 heavy (non-hydrogen) atoms. The Balaban J connectivity index is 1.37. The Morgan fingerprint density at radius 1 is 1.14 bits per heavy atom. The van der Waals surface area contributed by atoms with E-state index in [-0.39, 0.29) is 12.4 Å². The lowest BCUT2D eigenvalue weighted by Gasteiger charge is -2.16. The van der Waals surface area contributed by atoms with Crippen LogP contribution in [0.25, 0.3) is 22.1 Å². The second-order valence-corrected chi connectivity index (χ2v) is 9.32. The van der Waals surface area contributed by atoms with Gasteiger partial charge in [-0.05, 0) is 60.0 Å². The second kappa shape index (κ2) is 9.05. The van der Waals surface area contributed by atoms with Gasteiger partial charge in [0.2, 0.25) is 6.79 Å². The molecule has 180 valence electrons. The SMILES string of the molecule is C=CCc1cc(C=c2sc3nc4ccccc4n3c2=O)cc(OC)c1OCc1ccc2c(c1)OCO2. The van der Waals surface area contributed by atoms with Crippen LogP contribution in [-0.2, 0) is 13.0 Å². The molecule has 0 aliphatic carbocycles. The molecule has 0 amide bonds. The number of aromatic nitrogens is 2. The Bertz CT molecular complexity index is 1740. The maximum Gasteiger partial charge on any atom is 0.274 e. The summed E-state index contributed by atoms with van der Waals surface area (Å²) in [5.74, 6) is 2.67. The normalized spacial score (nSPS) is 13.0. The topological polar surface area (TPSA) is 71.3 Å². The van der Waals surface area contributed by atoms with Crippen molar-refractivity contribution in [3.63, 3.8) is 0 Å². The third-order valence-corrected chi connectivity index (χ3v) is 6.97. The van der Waals surface area contributed by atoms with Crippen LogP contribution in [0.1, 0.15) is 16.7 Å². The van der Waals surface area contributed by atoms with Crippen molar-refractivity contribution in [1.82, 2.24) is 9.38 Å². The summed E-state index contributed by atoms with van der Waals surface area (Å²) in [5, 5.41) is 0. The molecule has 0 atom stereocenters. The maximum absolute atomic E-state index is 13.2. The predicted molar refractivity (Wildman–Crippen MR) is 139 cm³/mol. The molecule has 2 aromatic heterocycles. The first-order chi connectivity index (χ1) is 17.6. The van der Waals surface area contributed by atoms with Crippen molar-refractivity contribution in [2.24, 2.45) is 0 Å². The number of rotatable bonds is 7. The highest BCUT2D eigenvalue weighted by Crippen LogP contribution is 2.36. The average molecular weight is 499 g/mol. The Morgan fingerprint density at radius 3 is 2.86 bits per heavy atom. The summed E-state index contributed by atoms with van der Waals surface area (Å²) in [6.07, 6.45) is 4.26. The molecule has 6 rings (SSSR count). The fourth-order valence-corrected chi connectivity index (χ4v) is 5.33. The number of methoxy groups -OCH3 is 1. The molecule has 8 heteroatoms. The summed E-state index contributed by atoms with van der Waals surface area (Å²) in [5.41, 5.74) is 4.24. The molecule has 0 fully saturated rings. The molecule has 0 spiro atoms. The van der Waals surface area contributed by atoms with Crippen LogP contribution in [0.4, 0.5) is 0 Å². The highest BCUT2D eigenvalue weighted by molar-refractivity contribution is 7.15. The highest BCUT2D eigenvalue weighted by atomic mass is 32.1. The third kappa shape index (κ3) is 3.85. The summed E-state index contributed by atoms with van der Waals surface area (Å²) in [7, 11) is 1.61. The third-order valence-electron chi connectivity index (χ3n) is 6.00. The minimum Gasteiger partial charge on any atom is -0.493 e. The van der Waals surface area contributed by atoms with Crippen molar-refractivity contribution >= 4 is 33.4 Å². The number of thiazole rings is 1. The van der Waals surface area contributed by atoms with Gasteiger partial charge in [0.05, 0.1) is 22.7 Å². The van der Waals surface area contributed by atoms with Crippen molar-refractivity contribution in [3.8, 4) is 23.0 Å². The summed E-state index contributed by atoms with van der Waals surface area (Å²) in [6, 6.07) is 17.3. The Hall–Kier alpha value is -4.30. The summed E-state index contributed by atoms with van der Waals surface area (Å²) < 4.78 is 25.0. The molecule has 0 unspecified atom stereocenters. The second-order valence-electron chi connectivity index (χ2n) is 8.31. The fraction of sp³-hybridized carbons (Fsp3) is 0.143. The maximum atomic E-state index is 13.2. The van der Waals surface area contributed by atoms with E-state index < -0.39 is 0 Å². The smallest absolute Gasteiger partial charge is 0.274 e. The van der Waals surface area contributed by atoms with Gasteiger partial charge < -0.3 is 18.9 Å². The van der Waals surface area contributed by atoms with Crippen LogP contribution in [0.3, 0.4) is 0 Å². The molecule has 3 heterocycles. The van der Waals surface area contributed by atoms with Gasteiger partial charge in [0.15, 0.2) is 28.0 Å². The lowest BCUT2D eigenvalue weighted by atomic mass is 10.1. The van der Waals surface area contributed by atoms with E-state index >= 15 is 0 Å². The molecule has 0 bridgehead atoms. The average Bonchev–Trinajstić information content (AvgIpc) is 3.58. The van der Waals surface area contributed by atoms with E-state index in [1.807, 2.05) is 66.7 Å². The molecule has 7 nitrogen and oxygen atoms in total. The largest absolute Gasteiger partial charge is 0.493 e. The number of para-hydroxylation sites is 2. The van der Waals surface area contributed by atoms with Gasteiger partial charge in [0.25, 0.3) is 5.56 Å². The lowest BCUT2D eigenvalue weighted by Crippen LogP contribution is -2.22. The molecule has 1 aliphatic heterocycles. The molecule has 0 radical (unpaired) electrons. The van der Waals surface area contributed by atoms with Crippen LogP contribution < -0.4 is 29.0 Å². The van der Waals surface area contributed by atoms with Gasteiger partial charge in [0, 0.05) is 5.56 Å². The van der Waals surface area contributed by atoms with Crippen LogP contribution in [-0.4, -0.2) is 23.3 Å². The van der Waals surface area contributed by atoms with Crippen LogP contribution >= 0.6 is 11.3 Å². The molecule has 0 N–H and O–H groups in total. The van der Waals surface area contributed by atoms with E-state index in [4.69, 9.17) is 18.9 Å². The molecule has 0 saturated heterocycles. The molecular formula is C28H22N2O5S. The van der Waals surface area contributed by atoms with Gasteiger partial charge in [-0.25, -0.2) is 9.38 Å². The lowest BCUT2D eigenvalue weighted by molar-refractivity contribution is 0.174. The Morgan fingerprint density at radius 2 is 2.00 bits per heavy atom. The van der Waals surface area contributed by atoms with Crippen LogP contribution in [0.2, 0.25) is 0 Å². The molecule has 1 aliphatic rings. The number of imidazole rings is 1. The van der Waals surface area contributed by atoms with Crippen molar-refractivity contribution in [3.05, 3.63) is 98.8 Å². The van der Waals surface area contributed by atoms with Gasteiger partial charge in [-0.3, -0.25) is 4.79 Å². The highest BCUT2D eigenvalue weighted by Gasteiger charge is 2.16. The first-order valence-electron chi connectivity index (χ1n) is 11.4. The summed E-state index contributed by atoms with van der Waals surface area (Å²) in [4.78, 5) is 18.5. The summed E-state index contributed by atoms with van der Waals surface area (Å²) in [6.45, 7) is 4.45. The number of nitrogens with zero attached hydrogens (tertiary/aromatic N) is 2. The van der Waals surface area contributed by atoms with Gasteiger partial charge >= 0.3 is 0 Å². The number of benzene rings is 3. The van der Waals surface area contributed by atoms with E-state index in [9.17, 15) is 4.79 Å². The van der Waals surface area contributed by atoms with Gasteiger partial charge in [0.1, 0.15) is 6.61 Å². The summed E-state index contributed by atoms with van der Waals surface area (Å²) >= 11 is 1.37. The molecule has 3 aromatic carbocycles. The Labute approximate surface area is 210 Å². The fourth-order valence-electron chi connectivity index (χ4n) is 4.34. The molecule has 5 aromatic rings.